The summed E-state index contributed by atoms with van der Waals surface area (Å²) < 4.78 is 21.1. The SMILES string of the molecule is CC(C)(C)OC(=O)[C@@H]1N[C@@H](C(C)(C)C)[C@](N)(c2ccc(Cl)cc2)[C@H]1c1cccc(Cl)c1F. The first kappa shape index (κ1) is 25.0. The van der Waals surface area contributed by atoms with E-state index in [2.05, 4.69) is 5.32 Å². The molecule has 32 heavy (non-hydrogen) atoms. The van der Waals surface area contributed by atoms with Crippen LogP contribution in [-0.2, 0) is 15.1 Å². The molecule has 1 aliphatic heterocycles. The Hall–Kier alpha value is -1.66. The fourth-order valence-corrected chi connectivity index (χ4v) is 5.00. The number of rotatable bonds is 3. The maximum absolute atomic E-state index is 15.4. The summed E-state index contributed by atoms with van der Waals surface area (Å²) in [6, 6.07) is 10.7. The van der Waals surface area contributed by atoms with Crippen molar-refractivity contribution in [3.8, 4) is 0 Å². The Morgan fingerprint density at radius 2 is 1.66 bits per heavy atom. The first-order chi connectivity index (χ1) is 14.7. The molecule has 3 N–H and O–H groups in total. The minimum absolute atomic E-state index is 0.0249. The molecule has 3 rings (SSSR count). The third kappa shape index (κ3) is 4.67. The summed E-state index contributed by atoms with van der Waals surface area (Å²) in [7, 11) is 0. The molecule has 2 aromatic carbocycles. The van der Waals surface area contributed by atoms with Crippen molar-refractivity contribution < 1.29 is 13.9 Å². The van der Waals surface area contributed by atoms with Gasteiger partial charge in [-0.15, -0.1) is 0 Å². The van der Waals surface area contributed by atoms with Crippen LogP contribution in [0.2, 0.25) is 10.0 Å². The Labute approximate surface area is 199 Å². The molecule has 0 saturated carbocycles. The Balaban J connectivity index is 2.28. The van der Waals surface area contributed by atoms with Gasteiger partial charge < -0.3 is 10.5 Å². The van der Waals surface area contributed by atoms with E-state index in [1.165, 1.54) is 6.07 Å². The maximum Gasteiger partial charge on any atom is 0.324 e. The molecule has 0 radical (unpaired) electrons. The molecule has 2 aromatic rings. The largest absolute Gasteiger partial charge is 0.459 e. The Kier molecular flexibility index (Phi) is 6.71. The number of hydrogen-bond donors (Lipinski definition) is 2. The van der Waals surface area contributed by atoms with Crippen molar-refractivity contribution in [2.24, 2.45) is 11.1 Å². The molecule has 0 bridgehead atoms. The summed E-state index contributed by atoms with van der Waals surface area (Å²) in [5.41, 5.74) is 5.99. The average Bonchev–Trinajstić information content (AvgIpc) is 2.98. The summed E-state index contributed by atoms with van der Waals surface area (Å²) in [6.45, 7) is 11.5. The molecular formula is C25H31Cl2FN2O2. The summed E-state index contributed by atoms with van der Waals surface area (Å²) in [5.74, 6) is -1.85. The van der Waals surface area contributed by atoms with Crippen molar-refractivity contribution in [3.05, 3.63) is 69.5 Å². The van der Waals surface area contributed by atoms with Gasteiger partial charge in [-0.1, -0.05) is 68.2 Å². The Morgan fingerprint density at radius 1 is 1.06 bits per heavy atom. The average molecular weight is 481 g/mol. The van der Waals surface area contributed by atoms with Crippen molar-refractivity contribution in [1.82, 2.24) is 5.32 Å². The predicted molar refractivity (Wildman–Crippen MR) is 127 cm³/mol. The fourth-order valence-electron chi connectivity index (χ4n) is 4.69. The van der Waals surface area contributed by atoms with Gasteiger partial charge in [-0.2, -0.15) is 0 Å². The molecule has 4 nitrogen and oxygen atoms in total. The van der Waals surface area contributed by atoms with Crippen LogP contribution in [0.25, 0.3) is 0 Å². The second kappa shape index (κ2) is 8.60. The van der Waals surface area contributed by atoms with Crippen LogP contribution in [0.15, 0.2) is 42.5 Å². The fraction of sp³-hybridized carbons (Fsp3) is 0.480. The molecule has 1 heterocycles. The van der Waals surface area contributed by atoms with Gasteiger partial charge in [0.15, 0.2) is 0 Å². The monoisotopic (exact) mass is 480 g/mol. The number of ether oxygens (including phenoxy) is 1. The van der Waals surface area contributed by atoms with Gasteiger partial charge in [-0.25, -0.2) is 4.39 Å². The highest BCUT2D eigenvalue weighted by Gasteiger charge is 2.60. The van der Waals surface area contributed by atoms with Crippen molar-refractivity contribution in [1.29, 1.82) is 0 Å². The highest BCUT2D eigenvalue weighted by Crippen LogP contribution is 2.51. The number of carbonyl (C=O) groups excluding carboxylic acids is 1. The van der Waals surface area contributed by atoms with Crippen molar-refractivity contribution in [2.75, 3.05) is 0 Å². The maximum atomic E-state index is 15.4. The van der Waals surface area contributed by atoms with E-state index in [0.717, 1.165) is 5.56 Å². The van der Waals surface area contributed by atoms with Crippen LogP contribution in [0.1, 0.15) is 58.6 Å². The van der Waals surface area contributed by atoms with E-state index >= 15 is 4.39 Å². The molecule has 1 fully saturated rings. The molecular weight excluding hydrogens is 450 g/mol. The molecule has 0 aliphatic carbocycles. The van der Waals surface area contributed by atoms with E-state index in [0.29, 0.717) is 5.02 Å². The third-order valence-electron chi connectivity index (χ3n) is 5.86. The van der Waals surface area contributed by atoms with Crippen molar-refractivity contribution in [2.45, 2.75) is 70.7 Å². The molecule has 1 aliphatic rings. The second-order valence-corrected chi connectivity index (χ2v) is 11.4. The Morgan fingerprint density at radius 3 is 2.19 bits per heavy atom. The van der Waals surface area contributed by atoms with Crippen LogP contribution in [0.4, 0.5) is 4.39 Å². The zero-order valence-electron chi connectivity index (χ0n) is 19.3. The molecule has 4 atom stereocenters. The number of nitrogens with two attached hydrogens (primary N) is 1. The van der Waals surface area contributed by atoms with E-state index in [-0.39, 0.29) is 16.0 Å². The number of nitrogens with one attached hydrogen (secondary N) is 1. The number of halogens is 3. The predicted octanol–water partition coefficient (Wildman–Crippen LogP) is 5.80. The Bertz CT molecular complexity index is 998. The van der Waals surface area contributed by atoms with Crippen LogP contribution >= 0.6 is 23.2 Å². The van der Waals surface area contributed by atoms with Crippen LogP contribution in [0, 0.1) is 11.2 Å². The van der Waals surface area contributed by atoms with Crippen LogP contribution in [0.5, 0.6) is 0 Å². The molecule has 7 heteroatoms. The zero-order valence-corrected chi connectivity index (χ0v) is 20.8. The summed E-state index contributed by atoms with van der Waals surface area (Å²) in [4.78, 5) is 13.4. The summed E-state index contributed by atoms with van der Waals surface area (Å²) >= 11 is 12.3. The number of carbonyl (C=O) groups is 1. The normalized spacial score (nSPS) is 26.2. The van der Waals surface area contributed by atoms with Crippen LogP contribution in [-0.4, -0.2) is 23.7 Å². The van der Waals surface area contributed by atoms with Gasteiger partial charge in [0, 0.05) is 17.0 Å². The zero-order chi connectivity index (χ0) is 24.1. The van der Waals surface area contributed by atoms with Gasteiger partial charge in [0.2, 0.25) is 0 Å². The third-order valence-corrected chi connectivity index (χ3v) is 6.40. The smallest absolute Gasteiger partial charge is 0.324 e. The number of hydrogen-bond acceptors (Lipinski definition) is 4. The van der Waals surface area contributed by atoms with Gasteiger partial charge in [-0.05, 0) is 55.5 Å². The van der Waals surface area contributed by atoms with Gasteiger partial charge >= 0.3 is 5.97 Å². The molecule has 0 spiro atoms. The summed E-state index contributed by atoms with van der Waals surface area (Å²) in [6.07, 6.45) is 0. The lowest BCUT2D eigenvalue weighted by molar-refractivity contribution is -0.157. The minimum atomic E-state index is -1.16. The highest BCUT2D eigenvalue weighted by molar-refractivity contribution is 6.31. The van der Waals surface area contributed by atoms with Gasteiger partial charge in [-0.3, -0.25) is 10.1 Å². The van der Waals surface area contributed by atoms with E-state index < -0.39 is 40.9 Å². The molecule has 0 unspecified atom stereocenters. The van der Waals surface area contributed by atoms with Crippen molar-refractivity contribution in [3.63, 3.8) is 0 Å². The lowest BCUT2D eigenvalue weighted by Gasteiger charge is -2.43. The lowest BCUT2D eigenvalue weighted by Crippen LogP contribution is -2.56. The van der Waals surface area contributed by atoms with Gasteiger partial charge in [0.05, 0.1) is 10.6 Å². The topological polar surface area (TPSA) is 64.3 Å². The van der Waals surface area contributed by atoms with Crippen LogP contribution < -0.4 is 11.1 Å². The second-order valence-electron chi connectivity index (χ2n) is 10.5. The first-order valence-corrected chi connectivity index (χ1v) is 11.4. The van der Waals surface area contributed by atoms with E-state index in [4.69, 9.17) is 33.7 Å². The van der Waals surface area contributed by atoms with Crippen LogP contribution in [0.3, 0.4) is 0 Å². The van der Waals surface area contributed by atoms with E-state index in [1.807, 2.05) is 32.9 Å². The molecule has 174 valence electrons. The standard InChI is InChI=1S/C25H31Cl2FN2O2/c1-23(2,3)22-25(29,14-10-12-15(26)13-11-14)18(16-8-7-9-17(27)19(16)28)20(30-22)21(31)32-24(4,5)6/h7-13,18,20,22,30H,29H2,1-6H3/t18-,20+,22-,25-/m0/s1. The number of esters is 1. The van der Waals surface area contributed by atoms with Crippen molar-refractivity contribution >= 4 is 29.2 Å². The highest BCUT2D eigenvalue weighted by atomic mass is 35.5. The van der Waals surface area contributed by atoms with Gasteiger partial charge in [0.25, 0.3) is 0 Å². The quantitative estimate of drug-likeness (QED) is 0.544. The molecule has 0 amide bonds. The number of benzene rings is 2. The summed E-state index contributed by atoms with van der Waals surface area (Å²) in [5, 5.41) is 3.95. The molecule has 1 saturated heterocycles. The van der Waals surface area contributed by atoms with E-state index in [1.54, 1.807) is 45.0 Å². The first-order valence-electron chi connectivity index (χ1n) is 10.6. The molecule has 0 aromatic heterocycles. The lowest BCUT2D eigenvalue weighted by atomic mass is 9.65. The minimum Gasteiger partial charge on any atom is -0.459 e. The van der Waals surface area contributed by atoms with Gasteiger partial charge in [0.1, 0.15) is 17.5 Å². The van der Waals surface area contributed by atoms with E-state index in [9.17, 15) is 4.79 Å².